The van der Waals surface area contributed by atoms with Gasteiger partial charge in [0.15, 0.2) is 5.69 Å². The van der Waals surface area contributed by atoms with Gasteiger partial charge in [-0.2, -0.15) is 0 Å². The van der Waals surface area contributed by atoms with Gasteiger partial charge in [0.1, 0.15) is 11.6 Å². The normalized spacial score (nSPS) is 15.0. The Morgan fingerprint density at radius 2 is 1.82 bits per heavy atom. The van der Waals surface area contributed by atoms with Crippen molar-refractivity contribution >= 4 is 29.2 Å². The SMILES string of the molecule is O=C(O)c1cnc(N2CCN(c3ncccc3Cl)CC2)cn1. The lowest BCUT2D eigenvalue weighted by Crippen LogP contribution is -2.47. The number of nitrogens with zero attached hydrogens (tertiary/aromatic N) is 5. The smallest absolute Gasteiger partial charge is 0.356 e. The Labute approximate surface area is 132 Å². The topological polar surface area (TPSA) is 82.5 Å². The number of piperazine rings is 1. The van der Waals surface area contributed by atoms with Crippen LogP contribution < -0.4 is 9.80 Å². The van der Waals surface area contributed by atoms with Gasteiger partial charge in [-0.15, -0.1) is 0 Å². The summed E-state index contributed by atoms with van der Waals surface area (Å²) in [6.45, 7) is 3.01. The molecule has 0 aliphatic carbocycles. The van der Waals surface area contributed by atoms with Gasteiger partial charge in [-0.05, 0) is 12.1 Å². The molecule has 0 radical (unpaired) electrons. The van der Waals surface area contributed by atoms with Crippen molar-refractivity contribution in [2.24, 2.45) is 0 Å². The molecule has 0 aromatic carbocycles. The van der Waals surface area contributed by atoms with Gasteiger partial charge in [0.2, 0.25) is 0 Å². The average Bonchev–Trinajstić information content (AvgIpc) is 2.56. The van der Waals surface area contributed by atoms with Crippen molar-refractivity contribution in [3.63, 3.8) is 0 Å². The van der Waals surface area contributed by atoms with E-state index in [2.05, 4.69) is 24.8 Å². The van der Waals surface area contributed by atoms with Crippen LogP contribution in [0.3, 0.4) is 0 Å². The van der Waals surface area contributed by atoms with Crippen LogP contribution in [0.1, 0.15) is 10.5 Å². The van der Waals surface area contributed by atoms with Crippen LogP contribution in [0.15, 0.2) is 30.7 Å². The lowest BCUT2D eigenvalue weighted by Gasteiger charge is -2.36. The summed E-state index contributed by atoms with van der Waals surface area (Å²) in [7, 11) is 0. The number of rotatable bonds is 3. The second-order valence-corrected chi connectivity index (χ2v) is 5.26. The molecule has 0 amide bonds. The summed E-state index contributed by atoms with van der Waals surface area (Å²) in [6, 6.07) is 3.63. The molecule has 7 nitrogen and oxygen atoms in total. The maximum absolute atomic E-state index is 10.8. The van der Waals surface area contributed by atoms with E-state index in [1.54, 1.807) is 6.20 Å². The molecule has 8 heteroatoms. The first kappa shape index (κ1) is 14.5. The number of anilines is 2. The Morgan fingerprint density at radius 3 is 2.41 bits per heavy atom. The molecule has 0 saturated carbocycles. The van der Waals surface area contributed by atoms with Gasteiger partial charge in [0.25, 0.3) is 0 Å². The van der Waals surface area contributed by atoms with Gasteiger partial charge in [-0.1, -0.05) is 11.6 Å². The van der Waals surface area contributed by atoms with Crippen LogP contribution in [0, 0.1) is 0 Å². The van der Waals surface area contributed by atoms with Crippen LogP contribution in [0.2, 0.25) is 5.02 Å². The van der Waals surface area contributed by atoms with Gasteiger partial charge in [0.05, 0.1) is 17.4 Å². The van der Waals surface area contributed by atoms with Crippen molar-refractivity contribution in [2.75, 3.05) is 36.0 Å². The van der Waals surface area contributed by atoms with E-state index in [0.717, 1.165) is 32.0 Å². The average molecular weight is 320 g/mol. The molecule has 0 spiro atoms. The first-order valence-electron chi connectivity index (χ1n) is 6.81. The summed E-state index contributed by atoms with van der Waals surface area (Å²) >= 11 is 6.16. The lowest BCUT2D eigenvalue weighted by atomic mass is 10.3. The molecule has 0 atom stereocenters. The monoisotopic (exact) mass is 319 g/mol. The Morgan fingerprint density at radius 1 is 1.09 bits per heavy atom. The highest BCUT2D eigenvalue weighted by atomic mass is 35.5. The number of pyridine rings is 1. The van der Waals surface area contributed by atoms with Crippen molar-refractivity contribution in [1.29, 1.82) is 0 Å². The minimum absolute atomic E-state index is 0.0531. The van der Waals surface area contributed by atoms with Crippen molar-refractivity contribution in [3.05, 3.63) is 41.4 Å². The van der Waals surface area contributed by atoms with Gasteiger partial charge < -0.3 is 14.9 Å². The third-order valence-electron chi connectivity index (χ3n) is 3.50. The molecular formula is C14H14ClN5O2. The molecule has 3 heterocycles. The van der Waals surface area contributed by atoms with Crippen molar-refractivity contribution in [1.82, 2.24) is 15.0 Å². The summed E-state index contributed by atoms with van der Waals surface area (Å²) in [5.74, 6) is 0.390. The highest BCUT2D eigenvalue weighted by Gasteiger charge is 2.21. The zero-order valence-electron chi connectivity index (χ0n) is 11.7. The number of hydrogen-bond donors (Lipinski definition) is 1. The molecular weight excluding hydrogens is 306 g/mol. The first-order chi connectivity index (χ1) is 10.6. The predicted octanol–water partition coefficient (Wildman–Crippen LogP) is 1.55. The second-order valence-electron chi connectivity index (χ2n) is 4.85. The lowest BCUT2D eigenvalue weighted by molar-refractivity contribution is 0.0690. The van der Waals surface area contributed by atoms with Crippen molar-refractivity contribution < 1.29 is 9.90 Å². The standard InChI is InChI=1S/C14H14ClN5O2/c15-10-2-1-3-16-13(10)20-6-4-19(5-7-20)12-9-17-11(8-18-12)14(21)22/h1-3,8-9H,4-7H2,(H,21,22). The Bertz CT molecular complexity index is 671. The number of aromatic carboxylic acids is 1. The number of aromatic nitrogens is 3. The summed E-state index contributed by atoms with van der Waals surface area (Å²) in [5.41, 5.74) is -0.0531. The Balaban J connectivity index is 1.66. The van der Waals surface area contributed by atoms with Gasteiger partial charge in [0, 0.05) is 32.4 Å². The predicted molar refractivity (Wildman–Crippen MR) is 82.7 cm³/mol. The molecule has 22 heavy (non-hydrogen) atoms. The first-order valence-corrected chi connectivity index (χ1v) is 7.18. The van der Waals surface area contributed by atoms with E-state index in [1.807, 2.05) is 12.1 Å². The molecule has 3 rings (SSSR count). The second kappa shape index (κ2) is 6.15. The van der Waals surface area contributed by atoms with Crippen LogP contribution in [0.5, 0.6) is 0 Å². The molecule has 1 aliphatic rings. The molecule has 0 bridgehead atoms. The van der Waals surface area contributed by atoms with E-state index >= 15 is 0 Å². The van der Waals surface area contributed by atoms with Gasteiger partial charge in [-0.3, -0.25) is 0 Å². The van der Waals surface area contributed by atoms with E-state index in [9.17, 15) is 4.79 Å². The van der Waals surface area contributed by atoms with Crippen LogP contribution in [-0.2, 0) is 0 Å². The molecule has 0 unspecified atom stereocenters. The van der Waals surface area contributed by atoms with E-state index in [-0.39, 0.29) is 5.69 Å². The molecule has 2 aromatic heterocycles. The van der Waals surface area contributed by atoms with Crippen molar-refractivity contribution in [3.8, 4) is 0 Å². The quantitative estimate of drug-likeness (QED) is 0.919. The van der Waals surface area contributed by atoms with Crippen LogP contribution in [0.25, 0.3) is 0 Å². The molecule has 1 aliphatic heterocycles. The molecule has 2 aromatic rings. The minimum atomic E-state index is -1.08. The fourth-order valence-corrected chi connectivity index (χ4v) is 2.59. The van der Waals surface area contributed by atoms with Crippen molar-refractivity contribution in [2.45, 2.75) is 0 Å². The zero-order chi connectivity index (χ0) is 15.5. The van der Waals surface area contributed by atoms with E-state index in [0.29, 0.717) is 10.8 Å². The highest BCUT2D eigenvalue weighted by molar-refractivity contribution is 6.32. The third-order valence-corrected chi connectivity index (χ3v) is 3.79. The number of carboxylic acids is 1. The van der Waals surface area contributed by atoms with Crippen LogP contribution >= 0.6 is 11.6 Å². The summed E-state index contributed by atoms with van der Waals surface area (Å²) in [4.78, 5) is 27.3. The number of hydrogen-bond acceptors (Lipinski definition) is 6. The maximum atomic E-state index is 10.8. The summed E-state index contributed by atoms with van der Waals surface area (Å²) in [6.07, 6.45) is 4.50. The molecule has 114 valence electrons. The summed E-state index contributed by atoms with van der Waals surface area (Å²) < 4.78 is 0. The van der Waals surface area contributed by atoms with E-state index in [4.69, 9.17) is 16.7 Å². The Kier molecular flexibility index (Phi) is 4.06. The third kappa shape index (κ3) is 2.94. The van der Waals surface area contributed by atoms with E-state index < -0.39 is 5.97 Å². The van der Waals surface area contributed by atoms with Crippen LogP contribution in [-0.4, -0.2) is 52.2 Å². The van der Waals surface area contributed by atoms with E-state index in [1.165, 1.54) is 12.4 Å². The molecule has 1 fully saturated rings. The fraction of sp³-hybridized carbons (Fsp3) is 0.286. The van der Waals surface area contributed by atoms with Crippen LogP contribution in [0.4, 0.5) is 11.6 Å². The number of carbonyl (C=O) groups is 1. The largest absolute Gasteiger partial charge is 0.476 e. The minimum Gasteiger partial charge on any atom is -0.476 e. The number of carboxylic acid groups (broad SMARTS) is 1. The maximum Gasteiger partial charge on any atom is 0.356 e. The molecule has 1 N–H and O–H groups in total. The Hall–Kier alpha value is -2.41. The molecule has 1 saturated heterocycles. The zero-order valence-corrected chi connectivity index (χ0v) is 12.4. The van der Waals surface area contributed by atoms with Gasteiger partial charge in [-0.25, -0.2) is 19.7 Å². The fourth-order valence-electron chi connectivity index (χ4n) is 2.35. The summed E-state index contributed by atoms with van der Waals surface area (Å²) in [5, 5.41) is 9.47. The van der Waals surface area contributed by atoms with Gasteiger partial charge >= 0.3 is 5.97 Å². The highest BCUT2D eigenvalue weighted by Crippen LogP contribution is 2.24. The number of halogens is 1.